The predicted molar refractivity (Wildman–Crippen MR) is 52.5 cm³/mol. The van der Waals surface area contributed by atoms with E-state index in [1.54, 1.807) is 0 Å². The Bertz CT molecular complexity index is 541. The second-order valence-electron chi connectivity index (χ2n) is 3.10. The number of carboxylic acid groups (broad SMARTS) is 1. The van der Waals surface area contributed by atoms with Crippen LogP contribution in [-0.2, 0) is 0 Å². The molecule has 0 atom stereocenters. The van der Waals surface area contributed by atoms with E-state index in [0.717, 1.165) is 6.07 Å². The molecule has 2 N–H and O–H groups in total. The first-order valence-electron chi connectivity index (χ1n) is 4.25. The number of rotatable bonds is 1. The average molecular weight is 206 g/mol. The summed E-state index contributed by atoms with van der Waals surface area (Å²) in [6.07, 6.45) is 0. The molecule has 0 fully saturated rings. The van der Waals surface area contributed by atoms with Gasteiger partial charge in [0.2, 0.25) is 0 Å². The molecular formula is C11H7FO3. The monoisotopic (exact) mass is 206 g/mol. The first-order chi connectivity index (χ1) is 7.11. The summed E-state index contributed by atoms with van der Waals surface area (Å²) in [7, 11) is 0. The Balaban J connectivity index is 2.95. The van der Waals surface area contributed by atoms with Crippen molar-refractivity contribution in [3.05, 3.63) is 41.7 Å². The van der Waals surface area contributed by atoms with Gasteiger partial charge in [-0.05, 0) is 18.2 Å². The predicted octanol–water partition coefficient (Wildman–Crippen LogP) is 2.38. The molecule has 76 valence electrons. The zero-order chi connectivity index (χ0) is 11.0. The van der Waals surface area contributed by atoms with Crippen LogP contribution < -0.4 is 0 Å². The molecule has 0 aliphatic rings. The molecule has 0 amide bonds. The molecule has 0 spiro atoms. The van der Waals surface area contributed by atoms with Crippen LogP contribution in [0.15, 0.2) is 30.3 Å². The molecule has 2 aromatic carbocycles. The van der Waals surface area contributed by atoms with Gasteiger partial charge in [-0.2, -0.15) is 0 Å². The lowest BCUT2D eigenvalue weighted by Crippen LogP contribution is -1.98. The van der Waals surface area contributed by atoms with Crippen LogP contribution >= 0.6 is 0 Å². The normalized spacial score (nSPS) is 10.5. The number of benzene rings is 2. The minimum Gasteiger partial charge on any atom is -0.507 e. The molecule has 0 aliphatic carbocycles. The first-order valence-corrected chi connectivity index (χ1v) is 4.25. The zero-order valence-electron chi connectivity index (χ0n) is 7.57. The smallest absolute Gasteiger partial charge is 0.336 e. The second-order valence-corrected chi connectivity index (χ2v) is 3.10. The third kappa shape index (κ3) is 1.40. The Labute approximate surface area is 84.4 Å². The number of halogens is 1. The number of aromatic hydroxyl groups is 1. The number of carboxylic acids is 1. The van der Waals surface area contributed by atoms with E-state index >= 15 is 0 Å². The molecule has 0 saturated heterocycles. The van der Waals surface area contributed by atoms with Crippen LogP contribution in [0.1, 0.15) is 10.4 Å². The lowest BCUT2D eigenvalue weighted by atomic mass is 10.0. The number of carbonyl (C=O) groups is 1. The Kier molecular flexibility index (Phi) is 2.04. The van der Waals surface area contributed by atoms with Gasteiger partial charge in [0.05, 0.1) is 10.9 Å². The van der Waals surface area contributed by atoms with Gasteiger partial charge in [0.25, 0.3) is 0 Å². The molecule has 3 nitrogen and oxygen atoms in total. The van der Waals surface area contributed by atoms with Crippen molar-refractivity contribution in [2.24, 2.45) is 0 Å². The maximum absolute atomic E-state index is 13.3. The van der Waals surface area contributed by atoms with Gasteiger partial charge in [-0.3, -0.25) is 0 Å². The van der Waals surface area contributed by atoms with Crippen molar-refractivity contribution in [2.45, 2.75) is 0 Å². The summed E-state index contributed by atoms with van der Waals surface area (Å²) in [5.41, 5.74) is -0.0256. The summed E-state index contributed by atoms with van der Waals surface area (Å²) in [4.78, 5) is 10.8. The third-order valence-electron chi connectivity index (χ3n) is 2.20. The van der Waals surface area contributed by atoms with Crippen LogP contribution in [0.2, 0.25) is 0 Å². The number of aromatic carboxylic acids is 1. The highest BCUT2D eigenvalue weighted by atomic mass is 19.1. The van der Waals surface area contributed by atoms with E-state index in [4.69, 9.17) is 5.11 Å². The van der Waals surface area contributed by atoms with Gasteiger partial charge in [-0.25, -0.2) is 9.18 Å². The fourth-order valence-corrected chi connectivity index (χ4v) is 1.53. The molecule has 0 aliphatic heterocycles. The standard InChI is InChI=1S/C11H7FO3/c12-8-5-4-7(11(14)15)6-2-1-3-9(13)10(6)8/h1-5,13H,(H,14,15). The quantitative estimate of drug-likeness (QED) is 0.753. The molecular weight excluding hydrogens is 199 g/mol. The van der Waals surface area contributed by atoms with E-state index in [1.165, 1.54) is 24.3 Å². The van der Waals surface area contributed by atoms with Crippen LogP contribution in [-0.4, -0.2) is 16.2 Å². The highest BCUT2D eigenvalue weighted by molar-refractivity contribution is 6.05. The largest absolute Gasteiger partial charge is 0.507 e. The third-order valence-corrected chi connectivity index (χ3v) is 2.20. The number of hydrogen-bond donors (Lipinski definition) is 2. The van der Waals surface area contributed by atoms with Gasteiger partial charge in [-0.15, -0.1) is 0 Å². The Hall–Kier alpha value is -2.10. The summed E-state index contributed by atoms with van der Waals surface area (Å²) in [5.74, 6) is -2.04. The Morgan fingerprint density at radius 3 is 2.60 bits per heavy atom. The molecule has 2 rings (SSSR count). The maximum Gasteiger partial charge on any atom is 0.336 e. The zero-order valence-corrected chi connectivity index (χ0v) is 7.57. The van der Waals surface area contributed by atoms with Gasteiger partial charge >= 0.3 is 5.97 Å². The van der Waals surface area contributed by atoms with Gasteiger partial charge in [0.15, 0.2) is 0 Å². The summed E-state index contributed by atoms with van der Waals surface area (Å²) < 4.78 is 13.3. The number of phenols is 1. The van der Waals surface area contributed by atoms with E-state index in [9.17, 15) is 14.3 Å². The lowest BCUT2D eigenvalue weighted by molar-refractivity contribution is 0.0699. The van der Waals surface area contributed by atoms with Gasteiger partial charge in [-0.1, -0.05) is 12.1 Å². The molecule has 0 bridgehead atoms. The molecule has 0 heterocycles. The minimum absolute atomic E-state index is 0.0256. The molecule has 0 unspecified atom stereocenters. The molecule has 0 saturated carbocycles. The molecule has 2 aromatic rings. The summed E-state index contributed by atoms with van der Waals surface area (Å²) in [6, 6.07) is 6.47. The molecule has 15 heavy (non-hydrogen) atoms. The Morgan fingerprint density at radius 2 is 1.93 bits per heavy atom. The van der Waals surface area contributed by atoms with E-state index < -0.39 is 11.8 Å². The highest BCUT2D eigenvalue weighted by Gasteiger charge is 2.13. The van der Waals surface area contributed by atoms with Crippen molar-refractivity contribution in [2.75, 3.05) is 0 Å². The van der Waals surface area contributed by atoms with Gasteiger partial charge in [0, 0.05) is 5.39 Å². The second kappa shape index (κ2) is 3.24. The first kappa shape index (κ1) is 9.45. The van der Waals surface area contributed by atoms with Crippen molar-refractivity contribution in [3.8, 4) is 5.75 Å². The van der Waals surface area contributed by atoms with E-state index in [0.29, 0.717) is 0 Å². The summed E-state index contributed by atoms with van der Waals surface area (Å²) in [5, 5.41) is 18.4. The van der Waals surface area contributed by atoms with Crippen molar-refractivity contribution >= 4 is 16.7 Å². The van der Waals surface area contributed by atoms with Crippen LogP contribution in [0, 0.1) is 5.82 Å². The highest BCUT2D eigenvalue weighted by Crippen LogP contribution is 2.29. The van der Waals surface area contributed by atoms with E-state index in [2.05, 4.69) is 0 Å². The topological polar surface area (TPSA) is 57.5 Å². The fraction of sp³-hybridized carbons (Fsp3) is 0. The van der Waals surface area contributed by atoms with E-state index in [1.807, 2.05) is 0 Å². The van der Waals surface area contributed by atoms with Crippen molar-refractivity contribution in [1.82, 2.24) is 0 Å². The molecule has 0 radical (unpaired) electrons. The fourth-order valence-electron chi connectivity index (χ4n) is 1.53. The van der Waals surface area contributed by atoms with Gasteiger partial charge in [0.1, 0.15) is 11.6 Å². The SMILES string of the molecule is O=C(O)c1ccc(F)c2c(O)cccc12. The Morgan fingerprint density at radius 1 is 1.20 bits per heavy atom. The average Bonchev–Trinajstić information content (AvgIpc) is 2.17. The molecule has 0 aromatic heterocycles. The van der Waals surface area contributed by atoms with Crippen molar-refractivity contribution < 1.29 is 19.4 Å². The summed E-state index contributed by atoms with van der Waals surface area (Å²) >= 11 is 0. The lowest BCUT2D eigenvalue weighted by Gasteiger charge is -2.04. The maximum atomic E-state index is 13.3. The number of phenolic OH excluding ortho intramolecular Hbond substituents is 1. The van der Waals surface area contributed by atoms with E-state index in [-0.39, 0.29) is 22.1 Å². The van der Waals surface area contributed by atoms with Crippen LogP contribution in [0.4, 0.5) is 4.39 Å². The number of hydrogen-bond acceptors (Lipinski definition) is 2. The van der Waals surface area contributed by atoms with Gasteiger partial charge < -0.3 is 10.2 Å². The van der Waals surface area contributed by atoms with Crippen LogP contribution in [0.3, 0.4) is 0 Å². The summed E-state index contributed by atoms with van der Waals surface area (Å²) in [6.45, 7) is 0. The van der Waals surface area contributed by atoms with Crippen molar-refractivity contribution in [3.63, 3.8) is 0 Å². The minimum atomic E-state index is -1.15. The van der Waals surface area contributed by atoms with Crippen LogP contribution in [0.25, 0.3) is 10.8 Å². The van der Waals surface area contributed by atoms with Crippen LogP contribution in [0.5, 0.6) is 5.75 Å². The van der Waals surface area contributed by atoms with Crippen molar-refractivity contribution in [1.29, 1.82) is 0 Å². The number of fused-ring (bicyclic) bond motifs is 1. The molecule has 4 heteroatoms.